The normalized spacial score (nSPS) is 11.9. The van der Waals surface area contributed by atoms with E-state index in [1.54, 1.807) is 18.2 Å². The van der Waals surface area contributed by atoms with E-state index < -0.39 is 34.3 Å². The van der Waals surface area contributed by atoms with Crippen LogP contribution in [0.25, 0.3) is 0 Å². The lowest BCUT2D eigenvalue weighted by atomic mass is 10.0. The molecule has 0 spiro atoms. The van der Waals surface area contributed by atoms with Crippen LogP contribution in [0.5, 0.6) is 0 Å². The van der Waals surface area contributed by atoms with E-state index in [0.717, 1.165) is 38.8 Å². The van der Waals surface area contributed by atoms with E-state index in [2.05, 4.69) is 21.2 Å². The predicted octanol–water partition coefficient (Wildman–Crippen LogP) is 6.99. The Hall–Kier alpha value is -3.73. The van der Waals surface area contributed by atoms with Gasteiger partial charge in [0.15, 0.2) is 0 Å². The third kappa shape index (κ3) is 9.15. The number of unbranched alkanes of at least 4 members (excludes halogenated alkanes) is 1. The molecule has 0 aromatic heterocycles. The van der Waals surface area contributed by atoms with Gasteiger partial charge in [0, 0.05) is 24.0 Å². The molecule has 4 rings (SSSR count). The second-order valence-electron chi connectivity index (χ2n) is 10.4. The van der Waals surface area contributed by atoms with Crippen molar-refractivity contribution in [2.24, 2.45) is 0 Å². The summed E-state index contributed by atoms with van der Waals surface area (Å²) in [4.78, 5) is 29.6. The van der Waals surface area contributed by atoms with Crippen LogP contribution in [0, 0.1) is 5.82 Å². The fraction of sp³-hybridized carbons (Fsp3) is 0.235. The summed E-state index contributed by atoms with van der Waals surface area (Å²) in [6, 6.07) is 26.8. The van der Waals surface area contributed by atoms with Crippen molar-refractivity contribution < 1.29 is 22.4 Å². The summed E-state index contributed by atoms with van der Waals surface area (Å²) in [5.41, 5.74) is 1.58. The third-order valence-corrected chi connectivity index (χ3v) is 9.71. The fourth-order valence-electron chi connectivity index (χ4n) is 4.78. The Morgan fingerprint density at radius 3 is 2.22 bits per heavy atom. The van der Waals surface area contributed by atoms with Crippen LogP contribution in [-0.4, -0.2) is 44.3 Å². The van der Waals surface area contributed by atoms with Gasteiger partial charge in [-0.2, -0.15) is 0 Å². The molecule has 0 aliphatic heterocycles. The average molecular weight is 715 g/mol. The number of nitrogens with one attached hydrogen (secondary N) is 1. The zero-order valence-corrected chi connectivity index (χ0v) is 27.9. The van der Waals surface area contributed by atoms with Gasteiger partial charge in [-0.05, 0) is 60.0 Å². The smallest absolute Gasteiger partial charge is 0.264 e. The van der Waals surface area contributed by atoms with Crippen molar-refractivity contribution in [3.63, 3.8) is 0 Å². The van der Waals surface area contributed by atoms with Gasteiger partial charge in [-0.3, -0.25) is 13.9 Å². The molecule has 0 heterocycles. The number of rotatable bonds is 14. The number of carbonyl (C=O) groups excluding carboxylic acids is 2. The Labute approximate surface area is 277 Å². The van der Waals surface area contributed by atoms with Gasteiger partial charge in [0.2, 0.25) is 11.8 Å². The summed E-state index contributed by atoms with van der Waals surface area (Å²) in [7, 11) is -4.32. The van der Waals surface area contributed by atoms with Crippen LogP contribution >= 0.6 is 27.5 Å². The van der Waals surface area contributed by atoms with E-state index in [0.29, 0.717) is 6.54 Å². The van der Waals surface area contributed by atoms with Crippen LogP contribution < -0.4 is 9.62 Å². The molecule has 45 heavy (non-hydrogen) atoms. The topological polar surface area (TPSA) is 86.8 Å². The number of halogens is 3. The molecule has 4 aromatic rings. The van der Waals surface area contributed by atoms with Crippen molar-refractivity contribution in [1.82, 2.24) is 10.2 Å². The van der Waals surface area contributed by atoms with Crippen molar-refractivity contribution in [2.45, 2.75) is 43.7 Å². The molecule has 0 bridgehead atoms. The van der Waals surface area contributed by atoms with Gasteiger partial charge in [0.25, 0.3) is 10.0 Å². The third-order valence-electron chi connectivity index (χ3n) is 7.14. The Morgan fingerprint density at radius 1 is 0.911 bits per heavy atom. The second-order valence-corrected chi connectivity index (χ2v) is 13.6. The highest BCUT2D eigenvalue weighted by atomic mass is 79.9. The molecule has 11 heteroatoms. The number of sulfonamides is 1. The van der Waals surface area contributed by atoms with Gasteiger partial charge in [-0.25, -0.2) is 12.8 Å². The minimum absolute atomic E-state index is 0.00742. The number of hydrogen-bond donors (Lipinski definition) is 1. The molecule has 236 valence electrons. The summed E-state index contributed by atoms with van der Waals surface area (Å²) in [5, 5.41) is 2.66. The van der Waals surface area contributed by atoms with Crippen molar-refractivity contribution >= 4 is 55.1 Å². The molecule has 0 aliphatic rings. The maximum atomic E-state index is 14.4. The maximum absolute atomic E-state index is 14.4. The summed E-state index contributed by atoms with van der Waals surface area (Å²) in [6.45, 7) is 1.81. The van der Waals surface area contributed by atoms with E-state index in [4.69, 9.17) is 11.6 Å². The van der Waals surface area contributed by atoms with Crippen molar-refractivity contribution in [3.05, 3.63) is 130 Å². The van der Waals surface area contributed by atoms with Gasteiger partial charge >= 0.3 is 0 Å². The molecule has 2 amide bonds. The number of nitrogens with zero attached hydrogens (tertiary/aromatic N) is 2. The second kappa shape index (κ2) is 16.0. The Bertz CT molecular complexity index is 1710. The number of hydrogen-bond acceptors (Lipinski definition) is 4. The first-order valence-electron chi connectivity index (χ1n) is 14.5. The highest BCUT2D eigenvalue weighted by Crippen LogP contribution is 2.28. The van der Waals surface area contributed by atoms with E-state index in [1.807, 2.05) is 61.5 Å². The standard InChI is InChI=1S/C34H34BrClFN3O4S/c1-2-3-19-38-34(42)32(21-25-11-6-4-7-12-25)39(23-26-13-10-14-27(35)20-26)33(41)24-40(28-17-18-31(37)30(36)22-28)45(43,44)29-15-8-5-9-16-29/h4-18,20,22,32H,2-3,19,21,23-24H2,1H3,(H,38,42)/t32-/m0/s1. The van der Waals surface area contributed by atoms with Gasteiger partial charge in [0.05, 0.1) is 15.6 Å². The summed E-state index contributed by atoms with van der Waals surface area (Å²) in [6.07, 6.45) is 1.83. The molecule has 0 saturated carbocycles. The largest absolute Gasteiger partial charge is 0.354 e. The fourth-order valence-corrected chi connectivity index (χ4v) is 6.83. The van der Waals surface area contributed by atoms with Crippen LogP contribution in [0.4, 0.5) is 10.1 Å². The Kier molecular flexibility index (Phi) is 12.2. The monoisotopic (exact) mass is 713 g/mol. The van der Waals surface area contributed by atoms with E-state index in [1.165, 1.54) is 29.2 Å². The van der Waals surface area contributed by atoms with Gasteiger partial charge in [0.1, 0.15) is 18.4 Å². The maximum Gasteiger partial charge on any atom is 0.264 e. The molecule has 4 aromatic carbocycles. The first kappa shape index (κ1) is 34.1. The number of amides is 2. The molecule has 1 atom stereocenters. The molecular weight excluding hydrogens is 681 g/mol. The molecule has 0 aliphatic carbocycles. The van der Waals surface area contributed by atoms with Gasteiger partial charge in [-0.15, -0.1) is 0 Å². The van der Waals surface area contributed by atoms with E-state index in [9.17, 15) is 22.4 Å². The van der Waals surface area contributed by atoms with Crippen LogP contribution in [-0.2, 0) is 32.6 Å². The van der Waals surface area contributed by atoms with E-state index >= 15 is 0 Å². The molecule has 0 fully saturated rings. The van der Waals surface area contributed by atoms with Crippen LogP contribution in [0.3, 0.4) is 0 Å². The first-order chi connectivity index (χ1) is 21.6. The zero-order valence-electron chi connectivity index (χ0n) is 24.7. The number of anilines is 1. The number of benzene rings is 4. The first-order valence-corrected chi connectivity index (χ1v) is 17.1. The molecule has 0 radical (unpaired) electrons. The lowest BCUT2D eigenvalue weighted by Gasteiger charge is -2.34. The minimum atomic E-state index is -4.32. The Morgan fingerprint density at radius 2 is 1.58 bits per heavy atom. The van der Waals surface area contributed by atoms with E-state index in [-0.39, 0.29) is 34.5 Å². The number of carbonyl (C=O) groups is 2. The predicted molar refractivity (Wildman–Crippen MR) is 179 cm³/mol. The van der Waals surface area contributed by atoms with Gasteiger partial charge in [-0.1, -0.05) is 102 Å². The summed E-state index contributed by atoms with van der Waals surface area (Å²) < 4.78 is 43.8. The average Bonchev–Trinajstić information content (AvgIpc) is 3.03. The van der Waals surface area contributed by atoms with Gasteiger partial charge < -0.3 is 10.2 Å². The molecule has 1 N–H and O–H groups in total. The highest BCUT2D eigenvalue weighted by Gasteiger charge is 2.34. The van der Waals surface area contributed by atoms with Crippen LogP contribution in [0.1, 0.15) is 30.9 Å². The molecule has 0 unspecified atom stereocenters. The van der Waals surface area contributed by atoms with Crippen molar-refractivity contribution in [2.75, 3.05) is 17.4 Å². The molecule has 7 nitrogen and oxygen atoms in total. The van der Waals surface area contributed by atoms with Crippen LogP contribution in [0.2, 0.25) is 5.02 Å². The molecule has 0 saturated heterocycles. The quantitative estimate of drug-likeness (QED) is 0.143. The lowest BCUT2D eigenvalue weighted by Crippen LogP contribution is -2.53. The SMILES string of the molecule is CCCCNC(=O)[C@H](Cc1ccccc1)N(Cc1cccc(Br)c1)C(=O)CN(c1ccc(F)c(Cl)c1)S(=O)(=O)c1ccccc1. The van der Waals surface area contributed by atoms with Crippen molar-refractivity contribution in [3.8, 4) is 0 Å². The lowest BCUT2D eigenvalue weighted by molar-refractivity contribution is -0.140. The highest BCUT2D eigenvalue weighted by molar-refractivity contribution is 9.10. The molecular formula is C34H34BrClFN3O4S. The summed E-state index contributed by atoms with van der Waals surface area (Å²) >= 11 is 9.54. The van der Waals surface area contributed by atoms with Crippen LogP contribution in [0.15, 0.2) is 112 Å². The Balaban J connectivity index is 1.80. The minimum Gasteiger partial charge on any atom is -0.354 e. The van der Waals surface area contributed by atoms with Crippen molar-refractivity contribution in [1.29, 1.82) is 0 Å². The summed E-state index contributed by atoms with van der Waals surface area (Å²) in [5.74, 6) is -1.70. The zero-order chi connectivity index (χ0) is 32.4.